The third kappa shape index (κ3) is 13.0. The summed E-state index contributed by atoms with van der Waals surface area (Å²) in [4.78, 5) is 124. The molecule has 6 aliphatic heterocycles. The molecule has 27 nitrogen and oxygen atoms in total. The monoisotopic (exact) mass is 1270 g/mol. The second-order valence-corrected chi connectivity index (χ2v) is 28.5. The Bertz CT molecular complexity index is 3540. The Morgan fingerprint density at radius 2 is 1.40 bits per heavy atom. The average molecular weight is 1270 g/mol. The van der Waals surface area contributed by atoms with Crippen molar-refractivity contribution in [2.75, 3.05) is 13.2 Å². The zero-order valence-corrected chi connectivity index (χ0v) is 54.2. The summed E-state index contributed by atoms with van der Waals surface area (Å²) in [5.74, 6) is -7.17. The Balaban J connectivity index is 1.19. The number of primary amides is 6. The van der Waals surface area contributed by atoms with Gasteiger partial charge in [0.05, 0.1) is 24.3 Å². The zero-order valence-electron chi connectivity index (χ0n) is 53.3. The van der Waals surface area contributed by atoms with Crippen molar-refractivity contribution in [3.8, 4) is 0 Å². The Kier molecular flexibility index (Phi) is 19.6. The van der Waals surface area contributed by atoms with E-state index >= 15 is 0 Å². The molecule has 492 valence electrons. The molecule has 6 unspecified atom stereocenters. The van der Waals surface area contributed by atoms with Gasteiger partial charge in [0.15, 0.2) is 11.0 Å². The lowest BCUT2D eigenvalue weighted by Crippen LogP contribution is -2.56. The van der Waals surface area contributed by atoms with E-state index in [2.05, 4.69) is 15.6 Å². The number of H-pyrrole nitrogens is 1. The first-order valence-corrected chi connectivity index (χ1v) is 32.1. The van der Waals surface area contributed by atoms with E-state index in [1.807, 2.05) is 87.4 Å². The van der Waals surface area contributed by atoms with Crippen molar-refractivity contribution >= 4 is 77.3 Å². The number of carbonyl (C=O) groups is 7. The van der Waals surface area contributed by atoms with Gasteiger partial charge in [-0.2, -0.15) is 4.57 Å². The van der Waals surface area contributed by atoms with Crippen LogP contribution in [0.1, 0.15) is 150 Å². The van der Waals surface area contributed by atoms with Gasteiger partial charge in [-0.15, -0.1) is 0 Å². The summed E-state index contributed by atoms with van der Waals surface area (Å²) in [6, 6.07) is 2.78. The third-order valence-corrected chi connectivity index (χ3v) is 21.8. The van der Waals surface area contributed by atoms with Crippen LogP contribution >= 0.6 is 7.82 Å². The first-order valence-electron chi connectivity index (χ1n) is 30.6. The number of hydrogen-bond acceptors (Lipinski definition) is 17. The van der Waals surface area contributed by atoms with E-state index < -0.39 is 143 Å². The highest BCUT2D eigenvalue weighted by Gasteiger charge is 2.66. The lowest BCUT2D eigenvalue weighted by atomic mass is 9.55. The zero-order chi connectivity index (χ0) is 66.7. The van der Waals surface area contributed by atoms with E-state index in [9.17, 15) is 53.2 Å². The number of imidazole rings is 1. The van der Waals surface area contributed by atoms with Crippen molar-refractivity contribution in [3.63, 3.8) is 0 Å². The minimum absolute atomic E-state index is 0.00918. The number of aliphatic hydroxyl groups is 2. The van der Waals surface area contributed by atoms with Crippen LogP contribution in [-0.4, -0.2) is 128 Å². The standard InChI is InChI=1S/C62H90N13O14P/c1-29-20-39-40(21-30(29)2)75(28-70-39)57-52(84)53(41(27-76)87-57)89-90(85,86)88-31(3)26-69-49(83)18-19-59(8)37(22-46(66)80)56-62(11)61(10,25-48(68)82)36(14-17-45(65)79)51(74-62)33(5)55-60(9,24-47(67)81)34(12-15-43(63)77)38(71-55)23-42-58(6,7)35(13-16-44(64)78)50(72-42)32(4)54(59)73-56/h20-21,23,28,31,34-37,41,52-53,56-57,76,84H,12-19,22,24-27H2,1-11H3,(H15,63,64,65,66,67,68,69,71,72,73,74,77,78,79,80,81,82,83,85,86)/p+1/t31-,34+,35+,36+,37-,41?,52?,53?,56?,57?,59+,60-,61-,62-/m0/s1. The molecular weight excluding hydrogens is 1180 g/mol. The van der Waals surface area contributed by atoms with E-state index in [-0.39, 0.29) is 77.2 Å². The molecule has 15 atom stereocenters. The second-order valence-electron chi connectivity index (χ2n) is 27.1. The molecule has 0 spiro atoms. The predicted octanol–water partition coefficient (Wildman–Crippen LogP) is 2.58. The molecule has 2 fully saturated rings. The van der Waals surface area contributed by atoms with Gasteiger partial charge in [0.2, 0.25) is 53.9 Å². The van der Waals surface area contributed by atoms with Crippen LogP contribution in [0, 0.1) is 59.2 Å². The topological polar surface area (TPSA) is 462 Å². The number of amides is 7. The maximum absolute atomic E-state index is 14.4. The van der Waals surface area contributed by atoms with Crippen molar-refractivity contribution in [2.45, 2.75) is 189 Å². The number of nitrogens with two attached hydrogens (primary N) is 6. The molecule has 8 bridgehead atoms. The van der Waals surface area contributed by atoms with Gasteiger partial charge in [-0.3, -0.25) is 57.6 Å². The highest BCUT2D eigenvalue weighted by atomic mass is 31.2. The van der Waals surface area contributed by atoms with E-state index in [1.54, 1.807) is 10.9 Å². The van der Waals surface area contributed by atoms with Crippen LogP contribution in [0.25, 0.3) is 11.0 Å². The SMILES string of the molecule is CC1=C2N=C(C=C3NC(=C(C)C4=N[C@@](C)(C5N=C1[C@](C)(CCC(=O)NC[C@H](C)OP(=O)(O)OC1C(CO)OC([n+]6c[nH]c7cc(C)c(C)cc76)C1O)[C@H]5CC(N)=O)[C@@](C)(CC(N)=O)[C@@H]4CCC(N)=O)[C@@](C)(CC(N)=O)[C@@H]3CCC(N)=O)C(C)(C)[C@@H]2CCC(N)=O. The first kappa shape index (κ1) is 68.9. The number of nitrogens with one attached hydrogen (secondary N) is 3. The van der Waals surface area contributed by atoms with Crippen LogP contribution in [0.4, 0.5) is 0 Å². The molecule has 90 heavy (non-hydrogen) atoms. The van der Waals surface area contributed by atoms with Gasteiger partial charge >= 0.3 is 7.82 Å². The maximum atomic E-state index is 14.4. The Labute approximate surface area is 523 Å². The number of aryl methyl sites for hydroxylation is 2. The fourth-order valence-electron chi connectivity index (χ4n) is 15.5. The van der Waals surface area contributed by atoms with Crippen molar-refractivity contribution in [1.29, 1.82) is 0 Å². The highest BCUT2D eigenvalue weighted by Crippen LogP contribution is 2.62. The molecule has 7 heterocycles. The molecule has 18 N–H and O–H groups in total. The molecule has 7 amide bonds. The number of aromatic amines is 1. The lowest BCUT2D eigenvalue weighted by molar-refractivity contribution is -0.743. The number of phosphoric ester groups is 1. The lowest BCUT2D eigenvalue weighted by Gasteiger charge is -2.48. The van der Waals surface area contributed by atoms with Crippen LogP contribution < -0.4 is 49.6 Å². The number of aromatic nitrogens is 2. The number of ether oxygens (including phenoxy) is 1. The summed E-state index contributed by atoms with van der Waals surface area (Å²) in [6.07, 6.45) is -4.04. The summed E-state index contributed by atoms with van der Waals surface area (Å²) in [5, 5.41) is 28.2. The molecule has 0 saturated carbocycles. The number of carbonyl (C=O) groups excluding carboxylic acids is 7. The first-order chi connectivity index (χ1) is 41.8. The summed E-state index contributed by atoms with van der Waals surface area (Å²) in [6.45, 7) is 19.3. The van der Waals surface area contributed by atoms with Crippen molar-refractivity contribution < 1.29 is 71.6 Å². The number of aliphatic hydroxyl groups excluding tert-OH is 2. The summed E-state index contributed by atoms with van der Waals surface area (Å²) in [5.41, 5.74) is 37.6. The van der Waals surface area contributed by atoms with Crippen LogP contribution in [0.3, 0.4) is 0 Å². The number of rotatable bonds is 26. The van der Waals surface area contributed by atoms with Crippen LogP contribution in [-0.2, 0) is 51.9 Å². The van der Waals surface area contributed by atoms with E-state index in [0.717, 1.165) is 16.6 Å². The van der Waals surface area contributed by atoms with E-state index in [1.165, 1.54) is 6.92 Å². The summed E-state index contributed by atoms with van der Waals surface area (Å²) >= 11 is 0. The smallest absolute Gasteiger partial charge is 0.394 e. The van der Waals surface area contributed by atoms with Crippen molar-refractivity contribution in [3.05, 3.63) is 63.9 Å². The van der Waals surface area contributed by atoms with Crippen molar-refractivity contribution in [2.24, 2.45) is 94.7 Å². The predicted molar refractivity (Wildman–Crippen MR) is 332 cm³/mol. The van der Waals surface area contributed by atoms with Crippen molar-refractivity contribution in [1.82, 2.24) is 15.6 Å². The summed E-state index contributed by atoms with van der Waals surface area (Å²) < 4.78 is 32.4. The Hall–Kier alpha value is -7.00. The number of hydrogen-bond donors (Lipinski definition) is 12. The second kappa shape index (κ2) is 25.6. The Morgan fingerprint density at radius 1 is 0.800 bits per heavy atom. The highest BCUT2D eigenvalue weighted by molar-refractivity contribution is 7.47. The number of nitrogens with zero attached hydrogens (tertiary/aromatic N) is 4. The molecule has 0 radical (unpaired) electrons. The number of allylic oxidation sites excluding steroid dienone is 6. The number of phosphoric acid groups is 1. The largest absolute Gasteiger partial charge is 0.472 e. The average Bonchev–Trinajstić information content (AvgIpc) is 1.53. The van der Waals surface area contributed by atoms with Gasteiger partial charge in [-0.05, 0) is 108 Å². The molecular formula is C62H91N13O14P+. The van der Waals surface area contributed by atoms with Crippen LogP contribution in [0.2, 0.25) is 0 Å². The quantitative estimate of drug-likeness (QED) is 0.0476. The molecule has 1 aromatic carbocycles. The minimum Gasteiger partial charge on any atom is -0.394 e. The molecule has 2 aromatic rings. The summed E-state index contributed by atoms with van der Waals surface area (Å²) in [7, 11) is -5.06. The number of aliphatic imine (C=N–C) groups is 3. The van der Waals surface area contributed by atoms with Gasteiger partial charge in [0, 0.05) is 131 Å². The molecule has 6 aliphatic rings. The third-order valence-electron chi connectivity index (χ3n) is 20.7. The van der Waals surface area contributed by atoms with Gasteiger partial charge in [-0.25, -0.2) is 9.55 Å². The fraction of sp³-hybridized carbons (Fsp3) is 0.629. The normalized spacial score (nSPS) is 32.0. The van der Waals surface area contributed by atoms with Gasteiger partial charge in [-0.1, -0.05) is 34.6 Å². The molecule has 8 rings (SSSR count). The molecule has 0 aliphatic carbocycles. The fourth-order valence-corrected chi connectivity index (χ4v) is 16.7. The minimum atomic E-state index is -5.06. The number of benzene rings is 1. The van der Waals surface area contributed by atoms with Gasteiger partial charge in [0.1, 0.15) is 18.3 Å². The van der Waals surface area contributed by atoms with E-state index in [0.29, 0.717) is 50.9 Å². The maximum Gasteiger partial charge on any atom is 0.472 e. The van der Waals surface area contributed by atoms with Crippen LogP contribution in [0.5, 0.6) is 0 Å². The molecule has 1 aromatic heterocycles. The Morgan fingerprint density at radius 3 is 1.99 bits per heavy atom. The molecule has 2 saturated heterocycles. The molecule has 28 heteroatoms. The van der Waals surface area contributed by atoms with Gasteiger partial charge in [0.25, 0.3) is 0 Å². The van der Waals surface area contributed by atoms with Crippen LogP contribution in [0.15, 0.2) is 67.8 Å². The van der Waals surface area contributed by atoms with Gasteiger partial charge < -0.3 is 64.9 Å². The van der Waals surface area contributed by atoms with E-state index in [4.69, 9.17) is 63.2 Å². The number of fused-ring (bicyclic) bond motifs is 7.